The molecule has 0 bridgehead atoms. The molecule has 0 saturated heterocycles. The van der Waals surface area contributed by atoms with Crippen molar-refractivity contribution >= 4 is 49.0 Å². The minimum absolute atomic E-state index is 0.858. The highest BCUT2D eigenvalue weighted by atomic mass is 79.9. The fourth-order valence-corrected chi connectivity index (χ4v) is 4.57. The number of fused-ring (bicyclic) bond motifs is 1. The third-order valence-corrected chi connectivity index (χ3v) is 6.56. The molecule has 2 aromatic carbocycles. The molecule has 0 saturated carbocycles. The smallest absolute Gasteiger partial charge is 0.143 e. The lowest BCUT2D eigenvalue weighted by molar-refractivity contribution is 1.19. The number of rotatable bonds is 4. The van der Waals surface area contributed by atoms with Gasteiger partial charge < -0.3 is 5.32 Å². The Labute approximate surface area is 171 Å². The van der Waals surface area contributed by atoms with Crippen molar-refractivity contribution < 1.29 is 0 Å². The Kier molecular flexibility index (Phi) is 4.98. The Morgan fingerprint density at radius 1 is 1.00 bits per heavy atom. The summed E-state index contributed by atoms with van der Waals surface area (Å²) in [7, 11) is 0. The number of aryl methyl sites for hydroxylation is 3. The topological polar surface area (TPSA) is 37.8 Å². The van der Waals surface area contributed by atoms with Crippen LogP contribution in [0.1, 0.15) is 22.9 Å². The molecule has 1 N–H and O–H groups in total. The summed E-state index contributed by atoms with van der Waals surface area (Å²) >= 11 is 5.28. The number of aromatic nitrogens is 2. The minimum atomic E-state index is 0.858. The standard InChI is InChI=1S/C22H20BrN3S/c1-4-18-19(15-6-8-16(23)9-7-15)20-21(24-12-25-22(20)27-18)26-17-10-5-13(2)14(3)11-17/h5-12H,4H2,1-3H3,(H,24,25,26). The van der Waals surface area contributed by atoms with Crippen LogP contribution in [0, 0.1) is 13.8 Å². The van der Waals surface area contributed by atoms with Gasteiger partial charge in [0.15, 0.2) is 0 Å². The zero-order chi connectivity index (χ0) is 19.0. The van der Waals surface area contributed by atoms with Crippen molar-refractivity contribution in [3.8, 4) is 11.1 Å². The molecule has 0 radical (unpaired) electrons. The molecule has 0 aliphatic carbocycles. The molecular formula is C22H20BrN3S. The highest BCUT2D eigenvalue weighted by Gasteiger charge is 2.18. The molecule has 27 heavy (non-hydrogen) atoms. The van der Waals surface area contributed by atoms with E-state index in [9.17, 15) is 0 Å². The number of hydrogen-bond donors (Lipinski definition) is 1. The largest absolute Gasteiger partial charge is 0.340 e. The molecule has 0 aliphatic rings. The Morgan fingerprint density at radius 3 is 2.48 bits per heavy atom. The molecule has 0 spiro atoms. The summed E-state index contributed by atoms with van der Waals surface area (Å²) in [5, 5.41) is 4.62. The molecule has 4 aromatic rings. The number of halogens is 1. The van der Waals surface area contributed by atoms with Crippen LogP contribution in [0.2, 0.25) is 0 Å². The SMILES string of the molecule is CCc1sc2ncnc(Nc3ccc(C)c(C)c3)c2c1-c1ccc(Br)cc1. The van der Waals surface area contributed by atoms with Crippen LogP contribution in [0.3, 0.4) is 0 Å². The van der Waals surface area contributed by atoms with Gasteiger partial charge in [0.2, 0.25) is 0 Å². The molecule has 0 aliphatic heterocycles. The van der Waals surface area contributed by atoms with Gasteiger partial charge in [0.1, 0.15) is 17.0 Å². The van der Waals surface area contributed by atoms with Gasteiger partial charge in [-0.3, -0.25) is 0 Å². The van der Waals surface area contributed by atoms with E-state index in [1.807, 2.05) is 0 Å². The maximum atomic E-state index is 4.58. The van der Waals surface area contributed by atoms with Gasteiger partial charge >= 0.3 is 0 Å². The number of benzene rings is 2. The average Bonchev–Trinajstić information content (AvgIpc) is 3.05. The van der Waals surface area contributed by atoms with Crippen molar-refractivity contribution in [2.24, 2.45) is 0 Å². The lowest BCUT2D eigenvalue weighted by Crippen LogP contribution is -1.96. The molecule has 0 fully saturated rings. The van der Waals surface area contributed by atoms with Gasteiger partial charge in [-0.1, -0.05) is 41.1 Å². The summed E-state index contributed by atoms with van der Waals surface area (Å²) in [6.07, 6.45) is 2.61. The Hall–Kier alpha value is -2.24. The van der Waals surface area contributed by atoms with Crippen molar-refractivity contribution in [1.82, 2.24) is 9.97 Å². The third kappa shape index (κ3) is 3.49. The molecule has 4 rings (SSSR count). The summed E-state index contributed by atoms with van der Waals surface area (Å²) < 4.78 is 1.08. The van der Waals surface area contributed by atoms with E-state index in [-0.39, 0.29) is 0 Å². The molecule has 0 amide bonds. The molecule has 0 atom stereocenters. The molecular weight excluding hydrogens is 418 g/mol. The van der Waals surface area contributed by atoms with Crippen LogP contribution in [0.15, 0.2) is 53.3 Å². The molecule has 2 heterocycles. The van der Waals surface area contributed by atoms with Gasteiger partial charge in [0.25, 0.3) is 0 Å². The van der Waals surface area contributed by atoms with Gasteiger partial charge in [-0.2, -0.15) is 0 Å². The zero-order valence-electron chi connectivity index (χ0n) is 15.5. The monoisotopic (exact) mass is 437 g/mol. The van der Waals surface area contributed by atoms with E-state index in [0.717, 1.165) is 32.6 Å². The summed E-state index contributed by atoms with van der Waals surface area (Å²) in [5.74, 6) is 0.858. The molecule has 2 aromatic heterocycles. The van der Waals surface area contributed by atoms with E-state index < -0.39 is 0 Å². The predicted molar refractivity (Wildman–Crippen MR) is 119 cm³/mol. The normalized spacial score (nSPS) is 11.1. The van der Waals surface area contributed by atoms with E-state index >= 15 is 0 Å². The van der Waals surface area contributed by atoms with Crippen molar-refractivity contribution in [2.75, 3.05) is 5.32 Å². The third-order valence-electron chi connectivity index (χ3n) is 4.78. The number of hydrogen-bond acceptors (Lipinski definition) is 4. The number of thiophene rings is 1. The zero-order valence-corrected chi connectivity index (χ0v) is 17.9. The van der Waals surface area contributed by atoms with Crippen LogP contribution in [0.25, 0.3) is 21.3 Å². The molecule has 0 unspecified atom stereocenters. The fourth-order valence-electron chi connectivity index (χ4n) is 3.20. The average molecular weight is 438 g/mol. The first kappa shape index (κ1) is 18.1. The second kappa shape index (κ2) is 7.41. The Balaban J connectivity index is 1.89. The highest BCUT2D eigenvalue weighted by molar-refractivity contribution is 9.10. The van der Waals surface area contributed by atoms with Gasteiger partial charge in [-0.25, -0.2) is 9.97 Å². The highest BCUT2D eigenvalue weighted by Crippen LogP contribution is 2.42. The first-order chi connectivity index (χ1) is 13.1. The van der Waals surface area contributed by atoms with E-state index in [0.29, 0.717) is 0 Å². The minimum Gasteiger partial charge on any atom is -0.340 e. The van der Waals surface area contributed by atoms with E-state index in [1.165, 1.54) is 27.1 Å². The van der Waals surface area contributed by atoms with Gasteiger partial charge in [-0.05, 0) is 61.2 Å². The van der Waals surface area contributed by atoms with Crippen LogP contribution in [0.5, 0.6) is 0 Å². The molecule has 136 valence electrons. The van der Waals surface area contributed by atoms with Crippen LogP contribution in [-0.4, -0.2) is 9.97 Å². The van der Waals surface area contributed by atoms with E-state index in [1.54, 1.807) is 17.7 Å². The maximum Gasteiger partial charge on any atom is 0.143 e. The van der Waals surface area contributed by atoms with Crippen molar-refractivity contribution in [2.45, 2.75) is 27.2 Å². The van der Waals surface area contributed by atoms with Crippen molar-refractivity contribution in [1.29, 1.82) is 0 Å². The van der Waals surface area contributed by atoms with Gasteiger partial charge in [0, 0.05) is 20.6 Å². The predicted octanol–water partition coefficient (Wildman–Crippen LogP) is 7.04. The van der Waals surface area contributed by atoms with E-state index in [2.05, 4.69) is 94.5 Å². The van der Waals surface area contributed by atoms with Gasteiger partial charge in [0.05, 0.1) is 5.39 Å². The first-order valence-electron chi connectivity index (χ1n) is 8.93. The van der Waals surface area contributed by atoms with Gasteiger partial charge in [-0.15, -0.1) is 11.3 Å². The summed E-state index contributed by atoms with van der Waals surface area (Å²) in [4.78, 5) is 11.5. The van der Waals surface area contributed by atoms with Crippen LogP contribution in [-0.2, 0) is 6.42 Å². The number of nitrogens with one attached hydrogen (secondary N) is 1. The number of anilines is 2. The number of nitrogens with zero attached hydrogens (tertiary/aromatic N) is 2. The van der Waals surface area contributed by atoms with E-state index in [4.69, 9.17) is 0 Å². The second-order valence-corrected chi connectivity index (χ2v) is 8.59. The van der Waals surface area contributed by atoms with Crippen molar-refractivity contribution in [3.63, 3.8) is 0 Å². The lowest BCUT2D eigenvalue weighted by Gasteiger charge is -2.11. The summed E-state index contributed by atoms with van der Waals surface area (Å²) in [5.41, 5.74) is 6.02. The lowest BCUT2D eigenvalue weighted by atomic mass is 10.0. The fraction of sp³-hybridized carbons (Fsp3) is 0.182. The molecule has 3 nitrogen and oxygen atoms in total. The maximum absolute atomic E-state index is 4.58. The Bertz CT molecular complexity index is 1120. The quantitative estimate of drug-likeness (QED) is 0.371. The second-order valence-electron chi connectivity index (χ2n) is 6.59. The molecule has 5 heteroatoms. The van der Waals surface area contributed by atoms with Crippen LogP contribution in [0.4, 0.5) is 11.5 Å². The first-order valence-corrected chi connectivity index (χ1v) is 10.5. The van der Waals surface area contributed by atoms with Crippen molar-refractivity contribution in [3.05, 3.63) is 69.3 Å². The summed E-state index contributed by atoms with van der Waals surface area (Å²) in [6, 6.07) is 14.9. The van der Waals surface area contributed by atoms with Crippen LogP contribution < -0.4 is 5.32 Å². The van der Waals surface area contributed by atoms with Crippen LogP contribution >= 0.6 is 27.3 Å². The summed E-state index contributed by atoms with van der Waals surface area (Å²) in [6.45, 7) is 6.44. The Morgan fingerprint density at radius 2 is 1.78 bits per heavy atom.